The van der Waals surface area contributed by atoms with E-state index in [0.717, 1.165) is 11.3 Å². The van der Waals surface area contributed by atoms with E-state index in [4.69, 9.17) is 4.74 Å². The third kappa shape index (κ3) is 2.89. The molecule has 1 amide bonds. The molecule has 2 atom stereocenters. The van der Waals surface area contributed by atoms with Crippen molar-refractivity contribution in [3.63, 3.8) is 0 Å². The molecule has 0 aliphatic carbocycles. The summed E-state index contributed by atoms with van der Waals surface area (Å²) < 4.78 is 29.8. The van der Waals surface area contributed by atoms with Crippen LogP contribution in [0.25, 0.3) is 0 Å². The maximum absolute atomic E-state index is 12.5. The molecule has 0 aromatic carbocycles. The first-order valence-corrected chi connectivity index (χ1v) is 9.71. The number of H-pyrrole nitrogens is 2. The fourth-order valence-corrected chi connectivity index (χ4v) is 5.99. The molecule has 25 heavy (non-hydrogen) atoms. The van der Waals surface area contributed by atoms with Crippen LogP contribution < -0.4 is 21.3 Å². The molecule has 0 saturated carbocycles. The second-order valence-electron chi connectivity index (χ2n) is 5.60. The number of carbonyl (C=O) groups excluding carboxylic acids is 1. The predicted molar refractivity (Wildman–Crippen MR) is 90.0 cm³/mol. The standard InChI is InChI=1S/C14H15N3O6S2/c1-6-5-8(7-3-4-24-13(7)25(6,21)22)15-11(18)9-10(23-2)12(19)17-14(20)16-9/h3-4,6,8H,5H2,1-2H3,(H,15,18)(H2,16,17,19,20)/t6-,8-/m0/s1. The fraction of sp³-hybridized carbons (Fsp3) is 0.357. The van der Waals surface area contributed by atoms with Gasteiger partial charge in [-0.3, -0.25) is 19.6 Å². The molecule has 1 aliphatic heterocycles. The van der Waals surface area contributed by atoms with E-state index in [-0.39, 0.29) is 22.1 Å². The number of hydrogen-bond donors (Lipinski definition) is 3. The average molecular weight is 385 g/mol. The Labute approximate surface area is 146 Å². The molecule has 2 aromatic rings. The van der Waals surface area contributed by atoms with Gasteiger partial charge in [0.15, 0.2) is 15.5 Å². The van der Waals surface area contributed by atoms with Crippen molar-refractivity contribution >= 4 is 27.1 Å². The van der Waals surface area contributed by atoms with Crippen molar-refractivity contribution < 1.29 is 17.9 Å². The van der Waals surface area contributed by atoms with Crippen LogP contribution in [0.5, 0.6) is 5.75 Å². The second kappa shape index (κ2) is 6.15. The molecule has 0 bridgehead atoms. The first kappa shape index (κ1) is 17.4. The largest absolute Gasteiger partial charge is 0.489 e. The van der Waals surface area contributed by atoms with Crippen LogP contribution >= 0.6 is 11.3 Å². The van der Waals surface area contributed by atoms with Gasteiger partial charge in [-0.25, -0.2) is 13.2 Å². The summed E-state index contributed by atoms with van der Waals surface area (Å²) in [5.74, 6) is -1.05. The van der Waals surface area contributed by atoms with Gasteiger partial charge >= 0.3 is 5.69 Å². The Bertz CT molecular complexity index is 1050. The quantitative estimate of drug-likeness (QED) is 0.688. The number of nitrogens with one attached hydrogen (secondary N) is 3. The minimum Gasteiger partial charge on any atom is -0.489 e. The highest BCUT2D eigenvalue weighted by Crippen LogP contribution is 2.39. The number of carbonyl (C=O) groups is 1. The Hall–Kier alpha value is -2.40. The van der Waals surface area contributed by atoms with Crippen molar-refractivity contribution in [2.24, 2.45) is 0 Å². The molecule has 134 valence electrons. The van der Waals surface area contributed by atoms with E-state index in [9.17, 15) is 22.8 Å². The van der Waals surface area contributed by atoms with E-state index in [0.29, 0.717) is 5.56 Å². The highest BCUT2D eigenvalue weighted by atomic mass is 32.2. The topological polar surface area (TPSA) is 138 Å². The summed E-state index contributed by atoms with van der Waals surface area (Å²) in [6.07, 6.45) is 0.188. The van der Waals surface area contributed by atoms with E-state index in [1.807, 2.05) is 4.98 Å². The Morgan fingerprint density at radius 3 is 2.76 bits per heavy atom. The number of fused-ring (bicyclic) bond motifs is 1. The zero-order valence-corrected chi connectivity index (χ0v) is 14.9. The van der Waals surface area contributed by atoms with Gasteiger partial charge < -0.3 is 10.1 Å². The molecule has 3 rings (SSSR count). The zero-order valence-electron chi connectivity index (χ0n) is 13.3. The molecule has 0 saturated heterocycles. The number of methoxy groups -OCH3 is 1. The van der Waals surface area contributed by atoms with E-state index < -0.39 is 38.3 Å². The van der Waals surface area contributed by atoms with Crippen LogP contribution in [-0.2, 0) is 9.84 Å². The van der Waals surface area contributed by atoms with Crippen molar-refractivity contribution in [2.45, 2.75) is 28.8 Å². The van der Waals surface area contributed by atoms with Gasteiger partial charge in [-0.2, -0.15) is 0 Å². The highest BCUT2D eigenvalue weighted by Gasteiger charge is 2.38. The Balaban J connectivity index is 1.98. The van der Waals surface area contributed by atoms with Gasteiger partial charge in [-0.1, -0.05) is 0 Å². The third-order valence-corrected chi connectivity index (χ3v) is 7.74. The summed E-state index contributed by atoms with van der Waals surface area (Å²) >= 11 is 1.10. The molecule has 11 heteroatoms. The van der Waals surface area contributed by atoms with E-state index in [2.05, 4.69) is 10.3 Å². The van der Waals surface area contributed by atoms with Gasteiger partial charge in [-0.05, 0) is 24.8 Å². The molecule has 2 aromatic heterocycles. The van der Waals surface area contributed by atoms with Crippen LogP contribution in [0.3, 0.4) is 0 Å². The molecule has 0 spiro atoms. The molecule has 0 unspecified atom stereocenters. The van der Waals surface area contributed by atoms with Crippen LogP contribution in [0.4, 0.5) is 0 Å². The van der Waals surface area contributed by atoms with Crippen molar-refractivity contribution in [3.05, 3.63) is 43.5 Å². The first-order chi connectivity index (χ1) is 11.8. The molecule has 3 heterocycles. The number of amides is 1. The van der Waals surface area contributed by atoms with Crippen LogP contribution in [-0.4, -0.2) is 36.7 Å². The van der Waals surface area contributed by atoms with Gasteiger partial charge in [0, 0.05) is 5.56 Å². The van der Waals surface area contributed by atoms with Crippen molar-refractivity contribution in [1.29, 1.82) is 0 Å². The van der Waals surface area contributed by atoms with Crippen molar-refractivity contribution in [2.75, 3.05) is 7.11 Å². The average Bonchev–Trinajstić information content (AvgIpc) is 3.03. The Morgan fingerprint density at radius 1 is 1.36 bits per heavy atom. The van der Waals surface area contributed by atoms with E-state index in [1.54, 1.807) is 18.4 Å². The maximum Gasteiger partial charge on any atom is 0.326 e. The Morgan fingerprint density at radius 2 is 2.08 bits per heavy atom. The number of hydrogen-bond acceptors (Lipinski definition) is 7. The minimum atomic E-state index is -3.41. The minimum absolute atomic E-state index is 0.188. The second-order valence-corrected chi connectivity index (χ2v) is 9.07. The summed E-state index contributed by atoms with van der Waals surface area (Å²) in [5.41, 5.74) is -1.48. The monoisotopic (exact) mass is 385 g/mol. The number of rotatable bonds is 3. The molecule has 1 aliphatic rings. The predicted octanol–water partition coefficient (Wildman–Crippen LogP) is 0.170. The lowest BCUT2D eigenvalue weighted by Crippen LogP contribution is -2.38. The van der Waals surface area contributed by atoms with Crippen molar-refractivity contribution in [1.82, 2.24) is 15.3 Å². The van der Waals surface area contributed by atoms with Crippen molar-refractivity contribution in [3.8, 4) is 5.75 Å². The highest BCUT2D eigenvalue weighted by molar-refractivity contribution is 7.94. The number of ether oxygens (including phenoxy) is 1. The lowest BCUT2D eigenvalue weighted by Gasteiger charge is -2.28. The fourth-order valence-electron chi connectivity index (χ4n) is 2.76. The van der Waals surface area contributed by atoms with Gasteiger partial charge in [0.2, 0.25) is 5.75 Å². The summed E-state index contributed by atoms with van der Waals surface area (Å²) in [6.45, 7) is 1.58. The molecule has 9 nitrogen and oxygen atoms in total. The molecule has 0 radical (unpaired) electrons. The molecule has 0 fully saturated rings. The SMILES string of the molecule is COc1c(C(=O)N[C@H]2C[C@H](C)S(=O)(=O)c3sccc32)[nH]c(=O)[nH]c1=O. The Kier molecular flexibility index (Phi) is 4.29. The summed E-state index contributed by atoms with van der Waals surface area (Å²) in [5, 5.41) is 3.66. The van der Waals surface area contributed by atoms with Gasteiger partial charge in [0.05, 0.1) is 18.4 Å². The zero-order chi connectivity index (χ0) is 18.4. The lowest BCUT2D eigenvalue weighted by molar-refractivity contribution is 0.0924. The third-order valence-electron chi connectivity index (χ3n) is 4.02. The van der Waals surface area contributed by atoms with Crippen LogP contribution in [0, 0.1) is 0 Å². The normalized spacial score (nSPS) is 21.4. The maximum atomic E-state index is 12.5. The first-order valence-electron chi connectivity index (χ1n) is 7.28. The van der Waals surface area contributed by atoms with Gasteiger partial charge in [0.1, 0.15) is 4.21 Å². The van der Waals surface area contributed by atoms with Crippen LogP contribution in [0.1, 0.15) is 35.4 Å². The number of sulfone groups is 1. The lowest BCUT2D eigenvalue weighted by atomic mass is 10.0. The van der Waals surface area contributed by atoms with Crippen LogP contribution in [0.15, 0.2) is 25.2 Å². The van der Waals surface area contributed by atoms with E-state index in [1.165, 1.54) is 7.11 Å². The molecular weight excluding hydrogens is 370 g/mol. The van der Waals surface area contributed by atoms with Gasteiger partial charge in [-0.15, -0.1) is 11.3 Å². The molecule has 3 N–H and O–H groups in total. The summed E-state index contributed by atoms with van der Waals surface area (Å²) in [4.78, 5) is 39.9. The number of aromatic nitrogens is 2. The molecular formula is C14H15N3O6S2. The summed E-state index contributed by atoms with van der Waals surface area (Å²) in [6, 6.07) is 1.09. The summed E-state index contributed by atoms with van der Waals surface area (Å²) in [7, 11) is -2.21. The van der Waals surface area contributed by atoms with Crippen LogP contribution in [0.2, 0.25) is 0 Å². The smallest absolute Gasteiger partial charge is 0.326 e. The number of thiophene rings is 1. The number of aromatic amines is 2. The van der Waals surface area contributed by atoms with E-state index >= 15 is 0 Å². The van der Waals surface area contributed by atoms with Gasteiger partial charge in [0.25, 0.3) is 11.5 Å².